The maximum absolute atomic E-state index is 6.93. The summed E-state index contributed by atoms with van der Waals surface area (Å²) in [6.45, 7) is 0. The van der Waals surface area contributed by atoms with Crippen molar-refractivity contribution in [1.29, 1.82) is 0 Å². The Morgan fingerprint density at radius 3 is 1.64 bits per heavy atom. The van der Waals surface area contributed by atoms with Crippen LogP contribution < -0.4 is 4.90 Å². The molecule has 0 unspecified atom stereocenters. The molecule has 1 heterocycles. The first-order valence-corrected chi connectivity index (χ1v) is 19.0. The molecule has 10 aromatic rings. The summed E-state index contributed by atoms with van der Waals surface area (Å²) < 4.78 is 6.93. The Kier molecular flexibility index (Phi) is 6.29. The van der Waals surface area contributed by atoms with Crippen LogP contribution in [0.15, 0.2) is 205 Å². The Bertz CT molecular complexity index is 3120. The second kappa shape index (κ2) is 11.4. The normalized spacial score (nSPS) is 13.2. The molecule has 12 rings (SSSR count). The largest absolute Gasteiger partial charge is 0.455 e. The van der Waals surface area contributed by atoms with Crippen molar-refractivity contribution < 1.29 is 4.42 Å². The van der Waals surface area contributed by atoms with Gasteiger partial charge in [-0.05, 0) is 74.7 Å². The van der Waals surface area contributed by atoms with Crippen molar-refractivity contribution in [1.82, 2.24) is 0 Å². The van der Waals surface area contributed by atoms with Crippen molar-refractivity contribution in [2.45, 2.75) is 5.41 Å². The maximum atomic E-state index is 6.93. The SMILES string of the molecule is c1ccc(N(c2ccccc2-c2cccc3c2oc2c4ccccc4ccc32)c2cccc3c2-c2ccccc2C32c3ccccc3-c3ccccc32)cc1. The third-order valence-electron chi connectivity index (χ3n) is 12.1. The highest BCUT2D eigenvalue weighted by Gasteiger charge is 2.52. The van der Waals surface area contributed by atoms with Gasteiger partial charge in [0.15, 0.2) is 0 Å². The van der Waals surface area contributed by atoms with Gasteiger partial charge in [0.1, 0.15) is 11.2 Å². The van der Waals surface area contributed by atoms with Crippen LogP contribution in [-0.2, 0) is 5.41 Å². The molecule has 1 spiro atoms. The number of anilines is 3. The molecule has 0 saturated heterocycles. The van der Waals surface area contributed by atoms with Crippen molar-refractivity contribution in [3.63, 3.8) is 0 Å². The summed E-state index contributed by atoms with van der Waals surface area (Å²) in [4.78, 5) is 2.47. The van der Waals surface area contributed by atoms with Gasteiger partial charge in [-0.1, -0.05) is 170 Å². The first kappa shape index (κ1) is 30.3. The van der Waals surface area contributed by atoms with Gasteiger partial charge in [-0.3, -0.25) is 0 Å². The van der Waals surface area contributed by atoms with E-state index in [4.69, 9.17) is 4.42 Å². The summed E-state index contributed by atoms with van der Waals surface area (Å²) in [7, 11) is 0. The number of benzene rings is 9. The Labute approximate surface area is 319 Å². The van der Waals surface area contributed by atoms with E-state index in [1.165, 1.54) is 49.9 Å². The third-order valence-corrected chi connectivity index (χ3v) is 12.1. The highest BCUT2D eigenvalue weighted by Crippen LogP contribution is 2.64. The number of fused-ring (bicyclic) bond motifs is 15. The number of rotatable bonds is 4. The maximum Gasteiger partial charge on any atom is 0.143 e. The predicted octanol–water partition coefficient (Wildman–Crippen LogP) is 14.2. The Morgan fingerprint density at radius 1 is 0.327 bits per heavy atom. The molecule has 0 bridgehead atoms. The van der Waals surface area contributed by atoms with Crippen LogP contribution in [0.1, 0.15) is 22.3 Å². The van der Waals surface area contributed by atoms with Crippen LogP contribution in [0.2, 0.25) is 0 Å². The van der Waals surface area contributed by atoms with E-state index in [1.54, 1.807) is 0 Å². The lowest BCUT2D eigenvalue weighted by molar-refractivity contribution is 0.674. The van der Waals surface area contributed by atoms with E-state index in [0.717, 1.165) is 55.5 Å². The van der Waals surface area contributed by atoms with E-state index in [1.807, 2.05) is 0 Å². The zero-order valence-corrected chi connectivity index (χ0v) is 29.9. The predicted molar refractivity (Wildman–Crippen MR) is 228 cm³/mol. The monoisotopic (exact) mass is 699 g/mol. The zero-order chi connectivity index (χ0) is 36.1. The molecule has 0 saturated carbocycles. The average Bonchev–Trinajstić information content (AvgIpc) is 3.89. The van der Waals surface area contributed by atoms with Gasteiger partial charge in [0.25, 0.3) is 0 Å². The van der Waals surface area contributed by atoms with Crippen LogP contribution in [0.4, 0.5) is 17.1 Å². The first-order valence-electron chi connectivity index (χ1n) is 19.0. The Balaban J connectivity index is 1.15. The lowest BCUT2D eigenvalue weighted by Crippen LogP contribution is -2.26. The molecule has 9 aromatic carbocycles. The van der Waals surface area contributed by atoms with Crippen molar-refractivity contribution in [2.75, 3.05) is 4.90 Å². The lowest BCUT2D eigenvalue weighted by atomic mass is 9.70. The summed E-state index contributed by atoms with van der Waals surface area (Å²) >= 11 is 0. The molecule has 256 valence electrons. The first-order chi connectivity index (χ1) is 27.3. The van der Waals surface area contributed by atoms with Crippen molar-refractivity contribution in [3.05, 3.63) is 222 Å². The molecule has 0 amide bonds. The topological polar surface area (TPSA) is 16.4 Å². The summed E-state index contributed by atoms with van der Waals surface area (Å²) in [6, 6.07) is 73.1. The molecule has 0 atom stereocenters. The van der Waals surface area contributed by atoms with E-state index in [-0.39, 0.29) is 0 Å². The van der Waals surface area contributed by atoms with Crippen LogP contribution in [0.3, 0.4) is 0 Å². The van der Waals surface area contributed by atoms with E-state index >= 15 is 0 Å². The van der Waals surface area contributed by atoms with E-state index in [0.29, 0.717) is 0 Å². The van der Waals surface area contributed by atoms with Gasteiger partial charge < -0.3 is 9.32 Å². The van der Waals surface area contributed by atoms with Crippen LogP contribution in [0, 0.1) is 0 Å². The van der Waals surface area contributed by atoms with Crippen molar-refractivity contribution in [2.24, 2.45) is 0 Å². The molecular weight excluding hydrogens is 667 g/mol. The summed E-state index contributed by atoms with van der Waals surface area (Å²) in [5, 5.41) is 4.56. The molecular formula is C53H33NO. The summed E-state index contributed by atoms with van der Waals surface area (Å²) in [5.74, 6) is 0. The minimum absolute atomic E-state index is 0.431. The third kappa shape index (κ3) is 4.03. The van der Waals surface area contributed by atoms with Crippen LogP contribution in [0.25, 0.3) is 66.1 Å². The Hall–Kier alpha value is -7.16. The molecule has 0 N–H and O–H groups in total. The molecule has 2 aliphatic carbocycles. The number of nitrogens with zero attached hydrogens (tertiary/aromatic N) is 1. The van der Waals surface area contributed by atoms with E-state index < -0.39 is 5.41 Å². The number of hydrogen-bond acceptors (Lipinski definition) is 2. The van der Waals surface area contributed by atoms with Crippen LogP contribution in [0.5, 0.6) is 0 Å². The minimum atomic E-state index is -0.431. The number of hydrogen-bond donors (Lipinski definition) is 0. The molecule has 2 aliphatic rings. The quantitative estimate of drug-likeness (QED) is 0.182. The zero-order valence-electron chi connectivity index (χ0n) is 29.9. The fourth-order valence-corrected chi connectivity index (χ4v) is 9.93. The van der Waals surface area contributed by atoms with Gasteiger partial charge >= 0.3 is 0 Å². The molecule has 0 aliphatic heterocycles. The van der Waals surface area contributed by atoms with E-state index in [9.17, 15) is 0 Å². The van der Waals surface area contributed by atoms with Gasteiger partial charge in [-0.25, -0.2) is 0 Å². The van der Waals surface area contributed by atoms with Gasteiger partial charge in [0, 0.05) is 38.5 Å². The van der Waals surface area contributed by atoms with Gasteiger partial charge in [0.05, 0.1) is 16.8 Å². The van der Waals surface area contributed by atoms with Crippen LogP contribution in [-0.4, -0.2) is 0 Å². The van der Waals surface area contributed by atoms with Crippen LogP contribution >= 0.6 is 0 Å². The lowest BCUT2D eigenvalue weighted by Gasteiger charge is -2.32. The Morgan fingerprint density at radius 2 is 0.855 bits per heavy atom. The molecule has 2 nitrogen and oxygen atoms in total. The smallest absolute Gasteiger partial charge is 0.143 e. The molecule has 1 aromatic heterocycles. The highest BCUT2D eigenvalue weighted by molar-refractivity contribution is 6.18. The number of furan rings is 1. The fraction of sp³-hybridized carbons (Fsp3) is 0.0189. The number of para-hydroxylation sites is 3. The standard InChI is InChI=1S/C53H33NO/c1-2-17-35(18-3-1)54(48-30-13-9-22-39(48)40-24-14-25-41-42-33-32-34-16-4-5-19-36(34)51(42)55-52(40)41)49-31-15-29-47-50(49)43-23-8-12-28-46(43)53(47)44-26-10-6-20-37(44)38-21-7-11-27-45(38)53/h1-33H. The summed E-state index contributed by atoms with van der Waals surface area (Å²) in [6.07, 6.45) is 0. The molecule has 2 heteroatoms. The summed E-state index contributed by atoms with van der Waals surface area (Å²) in [5.41, 5.74) is 17.4. The van der Waals surface area contributed by atoms with Crippen molar-refractivity contribution in [3.8, 4) is 33.4 Å². The molecule has 55 heavy (non-hydrogen) atoms. The van der Waals surface area contributed by atoms with Crippen molar-refractivity contribution >= 4 is 49.8 Å². The molecule has 0 fully saturated rings. The van der Waals surface area contributed by atoms with Gasteiger partial charge in [-0.15, -0.1) is 0 Å². The fourth-order valence-electron chi connectivity index (χ4n) is 9.93. The second-order valence-electron chi connectivity index (χ2n) is 14.7. The highest BCUT2D eigenvalue weighted by atomic mass is 16.3. The second-order valence-corrected chi connectivity index (χ2v) is 14.7. The van der Waals surface area contributed by atoms with E-state index in [2.05, 4.69) is 205 Å². The van der Waals surface area contributed by atoms with Gasteiger partial charge in [-0.2, -0.15) is 0 Å². The average molecular weight is 700 g/mol. The van der Waals surface area contributed by atoms with Gasteiger partial charge in [0.2, 0.25) is 0 Å². The molecule has 0 radical (unpaired) electrons. The minimum Gasteiger partial charge on any atom is -0.455 e.